The molecule has 2 aromatic rings. The van der Waals surface area contributed by atoms with E-state index in [0.717, 1.165) is 0 Å². The van der Waals surface area contributed by atoms with Crippen molar-refractivity contribution in [1.29, 1.82) is 0 Å². The molecule has 1 fully saturated rings. The molecule has 1 saturated heterocycles. The largest absolute Gasteiger partial charge is 0.481 e. The topological polar surface area (TPSA) is 84.6 Å². The van der Waals surface area contributed by atoms with Gasteiger partial charge in [-0.2, -0.15) is 4.98 Å². The first kappa shape index (κ1) is 20.8. The third kappa shape index (κ3) is 4.64. The summed E-state index contributed by atoms with van der Waals surface area (Å²) in [5.41, 5.74) is 6.95. The minimum Gasteiger partial charge on any atom is -0.481 e. The minimum absolute atomic E-state index is 0. The van der Waals surface area contributed by atoms with Crippen molar-refractivity contribution in [3.05, 3.63) is 42.1 Å². The van der Waals surface area contributed by atoms with Crippen molar-refractivity contribution in [2.45, 2.75) is 0 Å². The van der Waals surface area contributed by atoms with Gasteiger partial charge in [0.1, 0.15) is 0 Å². The lowest BCUT2D eigenvalue weighted by Crippen LogP contribution is -2.49. The number of hydrogen-bond donors (Lipinski definition) is 1. The summed E-state index contributed by atoms with van der Waals surface area (Å²) in [4.78, 5) is 25.0. The zero-order valence-corrected chi connectivity index (χ0v) is 15.4. The molecule has 1 amide bonds. The lowest BCUT2D eigenvalue weighted by Gasteiger charge is -2.34. The summed E-state index contributed by atoms with van der Waals surface area (Å²) in [5.74, 6) is 1.12. The Kier molecular flexibility index (Phi) is 7.73. The number of rotatable bonds is 3. The fourth-order valence-corrected chi connectivity index (χ4v) is 2.57. The molecule has 25 heavy (non-hydrogen) atoms. The fourth-order valence-electron chi connectivity index (χ4n) is 2.57. The maximum Gasteiger partial charge on any atom is 0.256 e. The summed E-state index contributed by atoms with van der Waals surface area (Å²) in [6.07, 6.45) is 1.67. The Labute approximate surface area is 159 Å². The van der Waals surface area contributed by atoms with E-state index in [1.165, 1.54) is 0 Å². The predicted octanol–water partition coefficient (Wildman–Crippen LogP) is 1.87. The van der Waals surface area contributed by atoms with Gasteiger partial charge in [0.2, 0.25) is 11.8 Å². The van der Waals surface area contributed by atoms with Crippen LogP contribution in [-0.4, -0.2) is 54.1 Å². The van der Waals surface area contributed by atoms with Gasteiger partial charge >= 0.3 is 0 Å². The van der Waals surface area contributed by atoms with Crippen molar-refractivity contribution < 1.29 is 9.53 Å². The van der Waals surface area contributed by atoms with E-state index in [0.29, 0.717) is 49.3 Å². The van der Waals surface area contributed by atoms with Crippen LogP contribution in [0.15, 0.2) is 36.5 Å². The molecule has 3 rings (SSSR count). The lowest BCUT2D eigenvalue weighted by atomic mass is 10.1. The second-order valence-electron chi connectivity index (χ2n) is 5.27. The second-order valence-corrected chi connectivity index (χ2v) is 5.27. The molecule has 0 radical (unpaired) electrons. The van der Waals surface area contributed by atoms with Crippen molar-refractivity contribution >= 4 is 42.4 Å². The number of carbonyl (C=O) groups is 1. The number of piperazine rings is 1. The highest BCUT2D eigenvalue weighted by Gasteiger charge is 2.24. The first-order valence-corrected chi connectivity index (χ1v) is 7.45. The number of methoxy groups -OCH3 is 1. The molecule has 2 N–H and O–H groups in total. The summed E-state index contributed by atoms with van der Waals surface area (Å²) in [7, 11) is 1.58. The van der Waals surface area contributed by atoms with Crippen molar-refractivity contribution in [1.82, 2.24) is 14.9 Å². The molecule has 7 nitrogen and oxygen atoms in total. The third-order valence-electron chi connectivity index (χ3n) is 3.87. The van der Waals surface area contributed by atoms with Crippen LogP contribution in [0.2, 0.25) is 0 Å². The van der Waals surface area contributed by atoms with E-state index in [1.807, 2.05) is 21.9 Å². The van der Waals surface area contributed by atoms with Crippen LogP contribution in [0.5, 0.6) is 5.88 Å². The van der Waals surface area contributed by atoms with E-state index in [9.17, 15) is 4.79 Å². The number of amides is 1. The van der Waals surface area contributed by atoms with Crippen LogP contribution in [-0.2, 0) is 0 Å². The van der Waals surface area contributed by atoms with E-state index < -0.39 is 0 Å². The van der Waals surface area contributed by atoms with Crippen LogP contribution in [0.3, 0.4) is 0 Å². The molecule has 136 valence electrons. The number of nitrogen functional groups attached to an aromatic ring is 1. The summed E-state index contributed by atoms with van der Waals surface area (Å²) in [6.45, 7) is 2.55. The SMILES string of the molecule is COc1ccnc(N2CCN(C(=O)c3ccccc3N)CC2)n1.Cl.Cl. The Morgan fingerprint density at radius 2 is 1.80 bits per heavy atom. The number of hydrogen-bond acceptors (Lipinski definition) is 6. The van der Waals surface area contributed by atoms with E-state index in [4.69, 9.17) is 10.5 Å². The zero-order valence-electron chi connectivity index (χ0n) is 13.8. The van der Waals surface area contributed by atoms with Crippen LogP contribution in [0.25, 0.3) is 0 Å². The predicted molar refractivity (Wildman–Crippen MR) is 102 cm³/mol. The zero-order chi connectivity index (χ0) is 16.2. The average Bonchev–Trinajstić information content (AvgIpc) is 2.62. The van der Waals surface area contributed by atoms with Crippen molar-refractivity contribution in [2.75, 3.05) is 43.9 Å². The van der Waals surface area contributed by atoms with Gasteiger partial charge in [0, 0.05) is 44.1 Å². The highest BCUT2D eigenvalue weighted by atomic mass is 35.5. The van der Waals surface area contributed by atoms with Crippen LogP contribution in [0.1, 0.15) is 10.4 Å². The summed E-state index contributed by atoms with van der Waals surface area (Å²) < 4.78 is 5.12. The fraction of sp³-hybridized carbons (Fsp3) is 0.312. The number of ether oxygens (including phenoxy) is 1. The molecule has 2 heterocycles. The van der Waals surface area contributed by atoms with Crippen molar-refractivity contribution in [3.8, 4) is 5.88 Å². The third-order valence-corrected chi connectivity index (χ3v) is 3.87. The minimum atomic E-state index is -0.0330. The maximum absolute atomic E-state index is 12.5. The molecule has 1 aliphatic rings. The molecule has 1 aliphatic heterocycles. The number of anilines is 2. The van der Waals surface area contributed by atoms with E-state index in [2.05, 4.69) is 9.97 Å². The number of aromatic nitrogens is 2. The number of benzene rings is 1. The highest BCUT2D eigenvalue weighted by Crippen LogP contribution is 2.18. The Bertz CT molecular complexity index is 708. The molecule has 0 bridgehead atoms. The van der Waals surface area contributed by atoms with Gasteiger partial charge in [-0.3, -0.25) is 4.79 Å². The second kappa shape index (κ2) is 9.29. The van der Waals surface area contributed by atoms with Crippen LogP contribution < -0.4 is 15.4 Å². The van der Waals surface area contributed by atoms with E-state index >= 15 is 0 Å². The molecule has 1 aromatic carbocycles. The Balaban J connectivity index is 0.00000156. The number of halogens is 2. The summed E-state index contributed by atoms with van der Waals surface area (Å²) in [6, 6.07) is 8.86. The molecule has 1 aromatic heterocycles. The number of carbonyl (C=O) groups excluding carboxylic acids is 1. The number of para-hydroxylation sites is 1. The van der Waals surface area contributed by atoms with Crippen LogP contribution >= 0.6 is 24.8 Å². The molecule has 0 aliphatic carbocycles. The average molecular weight is 386 g/mol. The van der Waals surface area contributed by atoms with Gasteiger partial charge in [-0.05, 0) is 12.1 Å². The number of nitrogens with two attached hydrogens (primary N) is 1. The van der Waals surface area contributed by atoms with Crippen molar-refractivity contribution in [3.63, 3.8) is 0 Å². The van der Waals surface area contributed by atoms with Crippen LogP contribution in [0.4, 0.5) is 11.6 Å². The first-order valence-electron chi connectivity index (χ1n) is 7.45. The quantitative estimate of drug-likeness (QED) is 0.811. The monoisotopic (exact) mass is 385 g/mol. The Morgan fingerprint density at radius 1 is 1.12 bits per heavy atom. The normalized spacial score (nSPS) is 13.5. The van der Waals surface area contributed by atoms with Crippen molar-refractivity contribution in [2.24, 2.45) is 0 Å². The Morgan fingerprint density at radius 3 is 2.44 bits per heavy atom. The molecule has 9 heteroatoms. The van der Waals surface area contributed by atoms with Gasteiger partial charge in [0.05, 0.1) is 12.7 Å². The molecular weight excluding hydrogens is 365 g/mol. The van der Waals surface area contributed by atoms with E-state index in [-0.39, 0.29) is 30.7 Å². The highest BCUT2D eigenvalue weighted by molar-refractivity contribution is 5.99. The number of nitrogens with zero attached hydrogens (tertiary/aromatic N) is 4. The lowest BCUT2D eigenvalue weighted by molar-refractivity contribution is 0.0747. The van der Waals surface area contributed by atoms with E-state index in [1.54, 1.807) is 31.5 Å². The van der Waals surface area contributed by atoms with Gasteiger partial charge in [-0.15, -0.1) is 24.8 Å². The van der Waals surface area contributed by atoms with Gasteiger partial charge < -0.3 is 20.3 Å². The van der Waals surface area contributed by atoms with Crippen LogP contribution in [0, 0.1) is 0 Å². The molecule has 0 spiro atoms. The molecular formula is C16H21Cl2N5O2. The molecule has 0 unspecified atom stereocenters. The van der Waals surface area contributed by atoms with Gasteiger partial charge in [-0.1, -0.05) is 12.1 Å². The smallest absolute Gasteiger partial charge is 0.256 e. The molecule has 0 atom stereocenters. The summed E-state index contributed by atoms with van der Waals surface area (Å²) in [5, 5.41) is 0. The van der Waals surface area contributed by atoms with Gasteiger partial charge in [0.25, 0.3) is 5.91 Å². The van der Waals surface area contributed by atoms with Gasteiger partial charge in [-0.25, -0.2) is 4.98 Å². The standard InChI is InChI=1S/C16H19N5O2.2ClH/c1-23-14-6-7-18-16(19-14)21-10-8-20(9-11-21)15(22)12-4-2-3-5-13(12)17;;/h2-7H,8-11,17H2,1H3;2*1H. The molecule has 0 saturated carbocycles. The Hall–Kier alpha value is -2.25. The summed E-state index contributed by atoms with van der Waals surface area (Å²) >= 11 is 0. The maximum atomic E-state index is 12.5. The van der Waals surface area contributed by atoms with Gasteiger partial charge in [0.15, 0.2) is 0 Å². The first-order chi connectivity index (χ1) is 11.2.